The number of fused-ring (bicyclic) bond motifs is 1. The molecule has 0 saturated carbocycles. The minimum absolute atomic E-state index is 0.146. The summed E-state index contributed by atoms with van der Waals surface area (Å²) < 4.78 is 220. The van der Waals surface area contributed by atoms with Crippen molar-refractivity contribution in [1.82, 2.24) is 20.2 Å². The maximum absolute atomic E-state index is 15.4. The van der Waals surface area contributed by atoms with Gasteiger partial charge in [0, 0.05) is 23.8 Å². The van der Waals surface area contributed by atoms with Crippen LogP contribution in [0, 0.1) is 0 Å². The molecule has 25 heteroatoms. The standard InChI is InChI=1S/C30H25F15N6O4/c1-4-17-11-21(50(24-46-48-49(3)47-24)13-14-8-15(27(35,36)37)10-16(9-14)28(38,39)40)19-12-18(55-30(43,44)45)6-7-20(19)51(17)22(52)25(31,32)29(41,42)26(33,34)23(53)54-5-2/h6-10,12,17,21H,4-5,11,13H2,1-3H3. The van der Waals surface area contributed by atoms with Gasteiger partial charge in [0.05, 0.1) is 30.8 Å². The van der Waals surface area contributed by atoms with E-state index in [0.29, 0.717) is 18.2 Å². The van der Waals surface area contributed by atoms with Gasteiger partial charge in [-0.1, -0.05) is 12.0 Å². The lowest BCUT2D eigenvalue weighted by Crippen LogP contribution is -2.65. The Morgan fingerprint density at radius 3 is 1.89 bits per heavy atom. The Morgan fingerprint density at radius 2 is 1.42 bits per heavy atom. The van der Waals surface area contributed by atoms with E-state index >= 15 is 8.78 Å². The molecule has 3 aromatic rings. The van der Waals surface area contributed by atoms with Crippen molar-refractivity contribution in [3.05, 3.63) is 58.7 Å². The number of esters is 1. The lowest BCUT2D eigenvalue weighted by Gasteiger charge is -2.45. The molecule has 0 bridgehead atoms. The Labute approximate surface area is 298 Å². The van der Waals surface area contributed by atoms with Crippen LogP contribution < -0.4 is 14.5 Å². The van der Waals surface area contributed by atoms with Gasteiger partial charge in [-0.25, -0.2) is 4.79 Å². The summed E-state index contributed by atoms with van der Waals surface area (Å²) in [7, 11) is 1.15. The number of aromatic nitrogens is 4. The number of anilines is 2. The van der Waals surface area contributed by atoms with Crippen LogP contribution in [0.2, 0.25) is 0 Å². The molecule has 304 valence electrons. The van der Waals surface area contributed by atoms with Crippen LogP contribution in [-0.2, 0) is 40.3 Å². The fourth-order valence-electron chi connectivity index (χ4n) is 5.67. The van der Waals surface area contributed by atoms with E-state index in [1.807, 2.05) is 0 Å². The maximum atomic E-state index is 15.4. The van der Waals surface area contributed by atoms with Crippen LogP contribution in [0.4, 0.5) is 77.5 Å². The number of hydrogen-bond donors (Lipinski definition) is 0. The first-order valence-electron chi connectivity index (χ1n) is 15.4. The highest BCUT2D eigenvalue weighted by molar-refractivity contribution is 6.01. The number of amides is 1. The van der Waals surface area contributed by atoms with Crippen molar-refractivity contribution in [2.75, 3.05) is 16.4 Å². The second-order valence-corrected chi connectivity index (χ2v) is 11.8. The Kier molecular flexibility index (Phi) is 11.3. The van der Waals surface area contributed by atoms with Crippen molar-refractivity contribution in [3.8, 4) is 5.75 Å². The van der Waals surface area contributed by atoms with Gasteiger partial charge in [0.1, 0.15) is 5.75 Å². The Morgan fingerprint density at radius 1 is 0.836 bits per heavy atom. The molecular formula is C30H25F15N6O4. The maximum Gasteiger partial charge on any atom is 0.573 e. The fraction of sp³-hybridized carbons (Fsp3) is 0.500. The number of nitrogens with zero attached hydrogens (tertiary/aromatic N) is 6. The molecule has 0 N–H and O–H groups in total. The highest BCUT2D eigenvalue weighted by Gasteiger charge is 2.79. The first-order chi connectivity index (χ1) is 25.1. The van der Waals surface area contributed by atoms with Gasteiger partial charge in [-0.15, -0.1) is 18.3 Å². The zero-order valence-electron chi connectivity index (χ0n) is 27.9. The average Bonchev–Trinajstić information content (AvgIpc) is 3.50. The zero-order chi connectivity index (χ0) is 41.7. The molecular weight excluding hydrogens is 793 g/mol. The van der Waals surface area contributed by atoms with E-state index in [1.54, 1.807) is 0 Å². The fourth-order valence-corrected chi connectivity index (χ4v) is 5.67. The number of alkyl halides is 15. The van der Waals surface area contributed by atoms with Crippen LogP contribution in [0.3, 0.4) is 0 Å². The first kappa shape index (κ1) is 42.7. The van der Waals surface area contributed by atoms with Crippen molar-refractivity contribution < 1.29 is 84.9 Å². The van der Waals surface area contributed by atoms with Gasteiger partial charge in [0.25, 0.3) is 5.95 Å². The van der Waals surface area contributed by atoms with E-state index in [9.17, 15) is 66.7 Å². The van der Waals surface area contributed by atoms with E-state index in [-0.39, 0.29) is 23.1 Å². The summed E-state index contributed by atoms with van der Waals surface area (Å²) in [5.41, 5.74) is -6.07. The van der Waals surface area contributed by atoms with Crippen molar-refractivity contribution in [2.45, 2.75) is 81.8 Å². The van der Waals surface area contributed by atoms with Crippen LogP contribution in [-0.4, -0.2) is 68.9 Å². The van der Waals surface area contributed by atoms with Crippen LogP contribution in [0.25, 0.3) is 0 Å². The molecule has 55 heavy (non-hydrogen) atoms. The molecule has 1 aromatic heterocycles. The molecule has 2 aromatic carbocycles. The van der Waals surface area contributed by atoms with E-state index < -0.39 is 126 Å². The molecule has 2 unspecified atom stereocenters. The lowest BCUT2D eigenvalue weighted by atomic mass is 9.87. The van der Waals surface area contributed by atoms with Crippen molar-refractivity contribution in [1.29, 1.82) is 0 Å². The lowest BCUT2D eigenvalue weighted by molar-refractivity contribution is -0.293. The highest BCUT2D eigenvalue weighted by atomic mass is 19.4. The molecule has 0 aliphatic carbocycles. The molecule has 4 rings (SSSR count). The largest absolute Gasteiger partial charge is 0.573 e. The number of ether oxygens (including phenoxy) is 2. The predicted molar refractivity (Wildman–Crippen MR) is 155 cm³/mol. The normalized spacial score (nSPS) is 17.2. The minimum Gasteiger partial charge on any atom is -0.461 e. The molecule has 2 atom stereocenters. The van der Waals surface area contributed by atoms with Gasteiger partial charge in [0.2, 0.25) is 0 Å². The molecule has 0 spiro atoms. The number of benzene rings is 2. The van der Waals surface area contributed by atoms with E-state index in [1.165, 1.54) is 0 Å². The van der Waals surface area contributed by atoms with Gasteiger partial charge in [0.15, 0.2) is 0 Å². The van der Waals surface area contributed by atoms with Crippen molar-refractivity contribution in [2.24, 2.45) is 7.05 Å². The van der Waals surface area contributed by atoms with Gasteiger partial charge < -0.3 is 19.3 Å². The number of carbonyl (C=O) groups is 2. The second-order valence-electron chi connectivity index (χ2n) is 11.8. The number of tetrazole rings is 1. The third kappa shape index (κ3) is 8.48. The monoisotopic (exact) mass is 818 g/mol. The first-order valence-corrected chi connectivity index (χ1v) is 15.4. The quantitative estimate of drug-likeness (QED) is 0.142. The summed E-state index contributed by atoms with van der Waals surface area (Å²) in [4.78, 5) is 26.4. The molecule has 10 nitrogen and oxygen atoms in total. The van der Waals surface area contributed by atoms with Crippen molar-refractivity contribution >= 4 is 23.5 Å². The van der Waals surface area contributed by atoms with Gasteiger partial charge in [-0.2, -0.15) is 57.5 Å². The summed E-state index contributed by atoms with van der Waals surface area (Å²) in [6, 6.07) is -1.86. The minimum atomic E-state index is -6.78. The number of aryl methyl sites for hydroxylation is 1. The van der Waals surface area contributed by atoms with Crippen LogP contribution in [0.1, 0.15) is 55.0 Å². The molecule has 1 aliphatic heterocycles. The van der Waals surface area contributed by atoms with E-state index in [2.05, 4.69) is 24.9 Å². The van der Waals surface area contributed by atoms with Crippen LogP contribution in [0.5, 0.6) is 5.75 Å². The van der Waals surface area contributed by atoms with E-state index in [0.717, 1.165) is 30.6 Å². The molecule has 0 radical (unpaired) electrons. The molecule has 1 aliphatic rings. The molecule has 2 heterocycles. The Bertz CT molecular complexity index is 1860. The summed E-state index contributed by atoms with van der Waals surface area (Å²) in [5.74, 6) is -27.5. The molecule has 1 amide bonds. The summed E-state index contributed by atoms with van der Waals surface area (Å²) in [6.07, 6.45) is -17.5. The van der Waals surface area contributed by atoms with Crippen LogP contribution >= 0.6 is 0 Å². The third-order valence-electron chi connectivity index (χ3n) is 8.12. The van der Waals surface area contributed by atoms with Gasteiger partial charge >= 0.3 is 48.4 Å². The Balaban J connectivity index is 1.96. The predicted octanol–water partition coefficient (Wildman–Crippen LogP) is 7.88. The van der Waals surface area contributed by atoms with Gasteiger partial charge in [-0.05, 0) is 66.9 Å². The SMILES string of the molecule is CCOC(=O)C(F)(F)C(F)(F)C(F)(F)C(=O)N1c2ccc(OC(F)(F)F)cc2C(N(Cc2cc(C(F)(F)F)cc(C(F)(F)F)c2)c2nnn(C)n2)CC1CC. The topological polar surface area (TPSA) is 103 Å². The van der Waals surface area contributed by atoms with Gasteiger partial charge in [-0.3, -0.25) is 4.79 Å². The molecule has 0 fully saturated rings. The highest BCUT2D eigenvalue weighted by Crippen LogP contribution is 2.51. The zero-order valence-corrected chi connectivity index (χ0v) is 27.9. The van der Waals surface area contributed by atoms with E-state index in [4.69, 9.17) is 0 Å². The number of hydrogen-bond acceptors (Lipinski definition) is 8. The Hall–Kier alpha value is -5.00. The molecule has 0 saturated heterocycles. The number of halogens is 15. The average molecular weight is 819 g/mol. The summed E-state index contributed by atoms with van der Waals surface area (Å²) >= 11 is 0. The summed E-state index contributed by atoms with van der Waals surface area (Å²) in [5, 5.41) is 11.0. The third-order valence-corrected chi connectivity index (χ3v) is 8.12. The smallest absolute Gasteiger partial charge is 0.461 e. The van der Waals surface area contributed by atoms with Crippen molar-refractivity contribution in [3.63, 3.8) is 0 Å². The van der Waals surface area contributed by atoms with Crippen LogP contribution in [0.15, 0.2) is 36.4 Å². The number of rotatable bonds is 11. The number of carbonyl (C=O) groups excluding carboxylic acids is 2. The second kappa shape index (κ2) is 14.6. The summed E-state index contributed by atoms with van der Waals surface area (Å²) in [6.45, 7) is 0.00398.